The second kappa shape index (κ2) is 9.52. The average Bonchev–Trinajstić information content (AvgIpc) is 3.05. The molecule has 3 rings (SSSR count). The number of nitrogens with one attached hydrogen (secondary N) is 1. The Labute approximate surface area is 183 Å². The SMILES string of the molecule is Cc1ccc(OC(C)c2nnc(SCC(=O)Nc3ccc(Cl)cc3Cl)n2C)cc1. The van der Waals surface area contributed by atoms with Crippen molar-refractivity contribution in [3.8, 4) is 5.75 Å². The van der Waals surface area contributed by atoms with Gasteiger partial charge in [-0.1, -0.05) is 52.7 Å². The van der Waals surface area contributed by atoms with E-state index in [1.807, 2.05) is 49.7 Å². The van der Waals surface area contributed by atoms with Crippen LogP contribution in [0.1, 0.15) is 24.4 Å². The van der Waals surface area contributed by atoms with Crippen molar-refractivity contribution < 1.29 is 9.53 Å². The molecule has 0 radical (unpaired) electrons. The van der Waals surface area contributed by atoms with Gasteiger partial charge in [-0.05, 0) is 44.2 Å². The van der Waals surface area contributed by atoms with Crippen LogP contribution >= 0.6 is 35.0 Å². The Kier molecular flexibility index (Phi) is 7.05. The molecule has 1 aromatic heterocycles. The minimum absolute atomic E-state index is 0.165. The number of amides is 1. The Morgan fingerprint density at radius 1 is 1.21 bits per heavy atom. The summed E-state index contributed by atoms with van der Waals surface area (Å²) in [4.78, 5) is 12.2. The molecule has 0 saturated heterocycles. The lowest BCUT2D eigenvalue weighted by molar-refractivity contribution is -0.113. The van der Waals surface area contributed by atoms with Gasteiger partial charge in [0.2, 0.25) is 5.91 Å². The summed E-state index contributed by atoms with van der Waals surface area (Å²) in [6, 6.07) is 12.7. The fourth-order valence-electron chi connectivity index (χ4n) is 2.59. The average molecular weight is 451 g/mol. The summed E-state index contributed by atoms with van der Waals surface area (Å²) < 4.78 is 7.77. The monoisotopic (exact) mass is 450 g/mol. The molecular weight excluding hydrogens is 431 g/mol. The second-order valence-corrected chi connectivity index (χ2v) is 8.22. The minimum atomic E-state index is -0.286. The first-order valence-corrected chi connectivity index (χ1v) is 10.6. The largest absolute Gasteiger partial charge is 0.483 e. The summed E-state index contributed by atoms with van der Waals surface area (Å²) in [6.07, 6.45) is -0.286. The maximum atomic E-state index is 12.2. The van der Waals surface area contributed by atoms with Gasteiger partial charge in [-0.15, -0.1) is 10.2 Å². The molecule has 9 heteroatoms. The van der Waals surface area contributed by atoms with Crippen molar-refractivity contribution in [1.82, 2.24) is 14.8 Å². The molecule has 3 aromatic rings. The van der Waals surface area contributed by atoms with Gasteiger partial charge in [0, 0.05) is 12.1 Å². The van der Waals surface area contributed by atoms with Crippen LogP contribution in [0.3, 0.4) is 0 Å². The zero-order valence-electron chi connectivity index (χ0n) is 16.1. The smallest absolute Gasteiger partial charge is 0.234 e. The van der Waals surface area contributed by atoms with Crippen molar-refractivity contribution in [3.63, 3.8) is 0 Å². The molecule has 2 aromatic carbocycles. The highest BCUT2D eigenvalue weighted by Gasteiger charge is 2.18. The van der Waals surface area contributed by atoms with Gasteiger partial charge >= 0.3 is 0 Å². The van der Waals surface area contributed by atoms with E-state index in [0.29, 0.717) is 26.7 Å². The standard InChI is InChI=1S/C20H20Cl2N4O2S/c1-12-4-7-15(8-5-12)28-13(2)19-24-25-20(26(19)3)29-11-18(27)23-17-9-6-14(21)10-16(17)22/h4-10,13H,11H2,1-3H3,(H,23,27). The van der Waals surface area contributed by atoms with E-state index in [-0.39, 0.29) is 17.8 Å². The van der Waals surface area contributed by atoms with E-state index in [2.05, 4.69) is 15.5 Å². The van der Waals surface area contributed by atoms with Crippen molar-refractivity contribution >= 4 is 46.6 Å². The third kappa shape index (κ3) is 5.65. The maximum Gasteiger partial charge on any atom is 0.234 e. The number of hydrogen-bond donors (Lipinski definition) is 1. The Balaban J connectivity index is 1.58. The molecule has 0 saturated carbocycles. The molecule has 0 aliphatic carbocycles. The summed E-state index contributed by atoms with van der Waals surface area (Å²) in [5, 5.41) is 12.7. The zero-order valence-corrected chi connectivity index (χ0v) is 18.5. The quantitative estimate of drug-likeness (QED) is 0.494. The van der Waals surface area contributed by atoms with E-state index in [4.69, 9.17) is 27.9 Å². The molecule has 0 aliphatic rings. The van der Waals surface area contributed by atoms with E-state index >= 15 is 0 Å². The van der Waals surface area contributed by atoms with Gasteiger partial charge in [0.1, 0.15) is 5.75 Å². The van der Waals surface area contributed by atoms with E-state index in [1.165, 1.54) is 17.3 Å². The Hall–Kier alpha value is -2.22. The molecule has 1 N–H and O–H groups in total. The molecule has 1 amide bonds. The van der Waals surface area contributed by atoms with Crippen LogP contribution in [-0.4, -0.2) is 26.4 Å². The third-order valence-electron chi connectivity index (χ3n) is 4.10. The van der Waals surface area contributed by atoms with Crippen LogP contribution in [0.15, 0.2) is 47.6 Å². The van der Waals surface area contributed by atoms with Crippen LogP contribution < -0.4 is 10.1 Å². The van der Waals surface area contributed by atoms with Crippen LogP contribution in [0.4, 0.5) is 5.69 Å². The van der Waals surface area contributed by atoms with Crippen LogP contribution in [0.25, 0.3) is 0 Å². The summed E-state index contributed by atoms with van der Waals surface area (Å²) in [7, 11) is 1.85. The number of aryl methyl sites for hydroxylation is 1. The number of hydrogen-bond acceptors (Lipinski definition) is 5. The van der Waals surface area contributed by atoms with Gasteiger partial charge in [0.25, 0.3) is 0 Å². The van der Waals surface area contributed by atoms with E-state index in [1.54, 1.807) is 18.2 Å². The third-order valence-corrected chi connectivity index (χ3v) is 5.67. The highest BCUT2D eigenvalue weighted by Crippen LogP contribution is 2.27. The predicted octanol–water partition coefficient (Wildman–Crippen LogP) is 5.30. The molecular formula is C20H20Cl2N4O2S. The summed E-state index contributed by atoms with van der Waals surface area (Å²) in [5.74, 6) is 1.40. The Morgan fingerprint density at radius 2 is 1.93 bits per heavy atom. The molecule has 29 heavy (non-hydrogen) atoms. The van der Waals surface area contributed by atoms with Gasteiger partial charge in [-0.25, -0.2) is 0 Å². The number of anilines is 1. The molecule has 0 aliphatic heterocycles. The maximum absolute atomic E-state index is 12.2. The number of carbonyl (C=O) groups is 1. The molecule has 0 spiro atoms. The lowest BCUT2D eigenvalue weighted by Gasteiger charge is -2.14. The molecule has 1 unspecified atom stereocenters. The first-order chi connectivity index (χ1) is 13.8. The van der Waals surface area contributed by atoms with E-state index < -0.39 is 0 Å². The van der Waals surface area contributed by atoms with Crippen molar-refractivity contribution in [1.29, 1.82) is 0 Å². The number of aromatic nitrogens is 3. The number of thioether (sulfide) groups is 1. The lowest BCUT2D eigenvalue weighted by atomic mass is 10.2. The molecule has 6 nitrogen and oxygen atoms in total. The van der Waals surface area contributed by atoms with Crippen LogP contribution in [0.5, 0.6) is 5.75 Å². The molecule has 0 fully saturated rings. The minimum Gasteiger partial charge on any atom is -0.483 e. The van der Waals surface area contributed by atoms with E-state index in [0.717, 1.165) is 5.75 Å². The van der Waals surface area contributed by atoms with Gasteiger partial charge in [-0.3, -0.25) is 4.79 Å². The zero-order chi connectivity index (χ0) is 21.0. The van der Waals surface area contributed by atoms with Crippen molar-refractivity contribution in [2.24, 2.45) is 7.05 Å². The number of halogens is 2. The van der Waals surface area contributed by atoms with E-state index in [9.17, 15) is 4.79 Å². The van der Waals surface area contributed by atoms with Gasteiger partial charge in [-0.2, -0.15) is 0 Å². The molecule has 1 atom stereocenters. The van der Waals surface area contributed by atoms with Crippen LogP contribution in [-0.2, 0) is 11.8 Å². The fraction of sp³-hybridized carbons (Fsp3) is 0.250. The number of ether oxygens (including phenoxy) is 1. The number of benzene rings is 2. The Bertz CT molecular complexity index is 1010. The molecule has 0 bridgehead atoms. The first-order valence-electron chi connectivity index (χ1n) is 8.84. The topological polar surface area (TPSA) is 69.0 Å². The number of rotatable bonds is 7. The van der Waals surface area contributed by atoms with Crippen molar-refractivity contribution in [3.05, 3.63) is 63.9 Å². The fourth-order valence-corrected chi connectivity index (χ4v) is 3.76. The highest BCUT2D eigenvalue weighted by atomic mass is 35.5. The van der Waals surface area contributed by atoms with Gasteiger partial charge in [0.05, 0.1) is 16.5 Å². The van der Waals surface area contributed by atoms with Crippen LogP contribution in [0.2, 0.25) is 10.0 Å². The molecule has 1 heterocycles. The Morgan fingerprint density at radius 3 is 2.62 bits per heavy atom. The van der Waals surface area contributed by atoms with Crippen LogP contribution in [0, 0.1) is 6.92 Å². The first kappa shape index (κ1) is 21.5. The second-order valence-electron chi connectivity index (χ2n) is 6.43. The van der Waals surface area contributed by atoms with Crippen molar-refractivity contribution in [2.45, 2.75) is 25.1 Å². The summed E-state index contributed by atoms with van der Waals surface area (Å²) >= 11 is 13.2. The van der Waals surface area contributed by atoms with Crippen molar-refractivity contribution in [2.75, 3.05) is 11.1 Å². The highest BCUT2D eigenvalue weighted by molar-refractivity contribution is 7.99. The summed E-state index contributed by atoms with van der Waals surface area (Å²) in [6.45, 7) is 3.93. The number of nitrogens with zero attached hydrogens (tertiary/aromatic N) is 3. The number of carbonyl (C=O) groups excluding carboxylic acids is 1. The van der Waals surface area contributed by atoms with Gasteiger partial charge in [0.15, 0.2) is 17.1 Å². The lowest BCUT2D eigenvalue weighted by Crippen LogP contribution is -2.15. The van der Waals surface area contributed by atoms with Gasteiger partial charge < -0.3 is 14.6 Å². The summed E-state index contributed by atoms with van der Waals surface area (Å²) in [5.41, 5.74) is 1.68. The molecule has 152 valence electrons. The predicted molar refractivity (Wildman–Crippen MR) is 117 cm³/mol. The normalized spacial score (nSPS) is 11.9.